The van der Waals surface area contributed by atoms with E-state index in [1.807, 2.05) is 24.3 Å². The van der Waals surface area contributed by atoms with Crippen LogP contribution < -0.4 is 10.1 Å². The molecule has 2 aliphatic rings. The van der Waals surface area contributed by atoms with Crippen LogP contribution in [0.4, 0.5) is 5.69 Å². The number of nitrogens with one attached hydrogen (secondary N) is 1. The molecule has 2 atom stereocenters. The van der Waals surface area contributed by atoms with Gasteiger partial charge in [0.05, 0.1) is 7.11 Å². The zero-order valence-electron chi connectivity index (χ0n) is 16.4. The molecule has 26 heavy (non-hydrogen) atoms. The maximum absolute atomic E-state index is 5.64. The SMILES string of the molecule is COc1ccc(NC(=S)N2CCC(N(C)[C@@H]3CCCC[C@@H]3C)CC2)cc1. The van der Waals surface area contributed by atoms with Crippen LogP contribution in [0.15, 0.2) is 24.3 Å². The predicted molar refractivity (Wildman–Crippen MR) is 113 cm³/mol. The predicted octanol–water partition coefficient (Wildman–Crippen LogP) is 4.37. The van der Waals surface area contributed by atoms with Gasteiger partial charge in [0.2, 0.25) is 0 Å². The summed E-state index contributed by atoms with van der Waals surface area (Å²) >= 11 is 5.64. The molecule has 0 unspecified atom stereocenters. The van der Waals surface area contributed by atoms with Crippen molar-refractivity contribution in [1.29, 1.82) is 0 Å². The van der Waals surface area contributed by atoms with Crippen molar-refractivity contribution in [2.24, 2.45) is 5.92 Å². The van der Waals surface area contributed by atoms with E-state index in [4.69, 9.17) is 17.0 Å². The molecule has 1 aromatic rings. The molecule has 1 heterocycles. The third kappa shape index (κ3) is 4.68. The van der Waals surface area contributed by atoms with Gasteiger partial charge in [-0.15, -0.1) is 0 Å². The van der Waals surface area contributed by atoms with Crippen molar-refractivity contribution in [3.05, 3.63) is 24.3 Å². The molecule has 0 amide bonds. The largest absolute Gasteiger partial charge is 0.497 e. The van der Waals surface area contributed by atoms with Gasteiger partial charge in [0, 0.05) is 30.9 Å². The Morgan fingerprint density at radius 3 is 2.38 bits per heavy atom. The van der Waals surface area contributed by atoms with E-state index in [1.165, 1.54) is 38.5 Å². The van der Waals surface area contributed by atoms with E-state index in [9.17, 15) is 0 Å². The van der Waals surface area contributed by atoms with E-state index >= 15 is 0 Å². The van der Waals surface area contributed by atoms with Crippen LogP contribution >= 0.6 is 12.2 Å². The van der Waals surface area contributed by atoms with Crippen molar-refractivity contribution < 1.29 is 4.74 Å². The normalized spacial score (nSPS) is 24.5. The van der Waals surface area contributed by atoms with Crippen molar-refractivity contribution in [3.63, 3.8) is 0 Å². The molecule has 144 valence electrons. The second kappa shape index (κ2) is 9.05. The molecule has 1 saturated carbocycles. The van der Waals surface area contributed by atoms with Gasteiger partial charge in [0.1, 0.15) is 5.75 Å². The summed E-state index contributed by atoms with van der Waals surface area (Å²) in [6, 6.07) is 9.39. The summed E-state index contributed by atoms with van der Waals surface area (Å²) in [5.74, 6) is 1.70. The lowest BCUT2D eigenvalue weighted by Crippen LogP contribution is -2.51. The average molecular weight is 376 g/mol. The van der Waals surface area contributed by atoms with Crippen LogP contribution in [0.5, 0.6) is 5.75 Å². The summed E-state index contributed by atoms with van der Waals surface area (Å²) in [5.41, 5.74) is 1.02. The Balaban J connectivity index is 1.48. The number of ether oxygens (including phenoxy) is 1. The smallest absolute Gasteiger partial charge is 0.173 e. The van der Waals surface area contributed by atoms with Crippen molar-refractivity contribution >= 4 is 23.0 Å². The molecule has 0 bridgehead atoms. The number of benzene rings is 1. The maximum Gasteiger partial charge on any atom is 0.173 e. The molecule has 1 saturated heterocycles. The quantitative estimate of drug-likeness (QED) is 0.789. The van der Waals surface area contributed by atoms with Crippen molar-refractivity contribution in [2.45, 2.75) is 57.5 Å². The number of anilines is 1. The van der Waals surface area contributed by atoms with Gasteiger partial charge < -0.3 is 19.9 Å². The number of hydrogen-bond acceptors (Lipinski definition) is 3. The van der Waals surface area contributed by atoms with Gasteiger partial charge >= 0.3 is 0 Å². The second-order valence-corrected chi connectivity index (χ2v) is 8.26. The first-order valence-electron chi connectivity index (χ1n) is 10.0. The lowest BCUT2D eigenvalue weighted by molar-refractivity contribution is 0.0691. The fraction of sp³-hybridized carbons (Fsp3) is 0.667. The molecule has 5 heteroatoms. The third-order valence-corrected chi connectivity index (χ3v) is 6.62. The highest BCUT2D eigenvalue weighted by atomic mass is 32.1. The van der Waals surface area contributed by atoms with Crippen LogP contribution in [0, 0.1) is 5.92 Å². The Morgan fingerprint density at radius 2 is 1.77 bits per heavy atom. The molecule has 0 radical (unpaired) electrons. The van der Waals surface area contributed by atoms with Crippen LogP contribution in [0.1, 0.15) is 45.4 Å². The summed E-state index contributed by atoms with van der Waals surface area (Å²) in [5, 5.41) is 4.20. The number of rotatable bonds is 4. The zero-order valence-corrected chi connectivity index (χ0v) is 17.2. The number of likely N-dealkylation sites (tertiary alicyclic amines) is 1. The summed E-state index contributed by atoms with van der Waals surface area (Å²) in [6.07, 6.45) is 7.97. The maximum atomic E-state index is 5.64. The fourth-order valence-electron chi connectivity index (χ4n) is 4.53. The van der Waals surface area contributed by atoms with Crippen LogP contribution in [-0.4, -0.2) is 54.2 Å². The summed E-state index contributed by atoms with van der Waals surface area (Å²) in [7, 11) is 4.03. The summed E-state index contributed by atoms with van der Waals surface area (Å²) in [6.45, 7) is 4.51. The van der Waals surface area contributed by atoms with Gasteiger partial charge in [-0.25, -0.2) is 0 Å². The molecule has 1 aromatic carbocycles. The van der Waals surface area contributed by atoms with Gasteiger partial charge in [0.15, 0.2) is 5.11 Å². The molecule has 0 aromatic heterocycles. The molecule has 1 aliphatic heterocycles. The lowest BCUT2D eigenvalue weighted by atomic mass is 9.84. The topological polar surface area (TPSA) is 27.7 Å². The first-order chi connectivity index (χ1) is 12.6. The van der Waals surface area contributed by atoms with Crippen molar-refractivity contribution in [3.8, 4) is 5.75 Å². The third-order valence-electron chi connectivity index (χ3n) is 6.26. The van der Waals surface area contributed by atoms with Crippen LogP contribution in [0.3, 0.4) is 0 Å². The van der Waals surface area contributed by atoms with Crippen molar-refractivity contribution in [1.82, 2.24) is 9.80 Å². The Hall–Kier alpha value is -1.33. The number of methoxy groups -OCH3 is 1. The van der Waals surface area contributed by atoms with Gasteiger partial charge in [-0.1, -0.05) is 19.8 Å². The standard InChI is InChI=1S/C21H33N3OS/c1-16-6-4-5-7-20(16)23(2)18-12-14-24(15-13-18)21(26)22-17-8-10-19(25-3)11-9-17/h8-11,16,18,20H,4-7,12-15H2,1-3H3,(H,22,26)/t16-,20+/m0/s1. The molecular weight excluding hydrogens is 342 g/mol. The number of hydrogen-bond donors (Lipinski definition) is 1. The minimum absolute atomic E-state index is 0.695. The highest BCUT2D eigenvalue weighted by Crippen LogP contribution is 2.30. The van der Waals surface area contributed by atoms with Gasteiger partial charge in [-0.05, 0) is 75.1 Å². The Morgan fingerprint density at radius 1 is 1.12 bits per heavy atom. The van der Waals surface area contributed by atoms with E-state index in [2.05, 4.69) is 29.1 Å². The molecule has 2 fully saturated rings. The number of piperidine rings is 1. The Labute approximate surface area is 163 Å². The molecule has 4 nitrogen and oxygen atoms in total. The van der Waals surface area contributed by atoms with Crippen LogP contribution in [-0.2, 0) is 0 Å². The Kier molecular flexibility index (Phi) is 6.76. The minimum Gasteiger partial charge on any atom is -0.497 e. The zero-order chi connectivity index (χ0) is 18.5. The van der Waals surface area contributed by atoms with E-state index in [0.717, 1.165) is 41.6 Å². The van der Waals surface area contributed by atoms with E-state index in [-0.39, 0.29) is 0 Å². The van der Waals surface area contributed by atoms with E-state index in [0.29, 0.717) is 6.04 Å². The first-order valence-corrected chi connectivity index (χ1v) is 10.4. The van der Waals surface area contributed by atoms with Crippen LogP contribution in [0.2, 0.25) is 0 Å². The van der Waals surface area contributed by atoms with E-state index < -0.39 is 0 Å². The average Bonchev–Trinajstić information content (AvgIpc) is 2.68. The lowest BCUT2D eigenvalue weighted by Gasteiger charge is -2.44. The first kappa shape index (κ1) is 19.4. The molecule has 1 aliphatic carbocycles. The summed E-state index contributed by atoms with van der Waals surface area (Å²) in [4.78, 5) is 5.00. The summed E-state index contributed by atoms with van der Waals surface area (Å²) < 4.78 is 5.21. The van der Waals surface area contributed by atoms with Crippen LogP contribution in [0.25, 0.3) is 0 Å². The number of nitrogens with zero attached hydrogens (tertiary/aromatic N) is 2. The fourth-order valence-corrected chi connectivity index (χ4v) is 4.83. The molecule has 0 spiro atoms. The second-order valence-electron chi connectivity index (χ2n) is 7.87. The molecule has 1 N–H and O–H groups in total. The van der Waals surface area contributed by atoms with Gasteiger partial charge in [0.25, 0.3) is 0 Å². The molecular formula is C21H33N3OS. The van der Waals surface area contributed by atoms with Crippen molar-refractivity contribution in [2.75, 3.05) is 32.6 Å². The van der Waals surface area contributed by atoms with Gasteiger partial charge in [-0.3, -0.25) is 0 Å². The monoisotopic (exact) mass is 375 g/mol. The molecule has 3 rings (SSSR count). The Bertz CT molecular complexity index is 583. The minimum atomic E-state index is 0.695. The highest BCUT2D eigenvalue weighted by molar-refractivity contribution is 7.80. The van der Waals surface area contributed by atoms with Gasteiger partial charge in [-0.2, -0.15) is 0 Å². The highest BCUT2D eigenvalue weighted by Gasteiger charge is 2.31. The number of thiocarbonyl (C=S) groups is 1. The van der Waals surface area contributed by atoms with E-state index in [1.54, 1.807) is 7.11 Å².